The first-order chi connectivity index (χ1) is 6.56. The molecule has 0 bridgehead atoms. The SMILES string of the molecule is CCC(Cl)CC(Cl)CCCCC(=O)[O-]. The van der Waals surface area contributed by atoms with Gasteiger partial charge in [-0.15, -0.1) is 23.2 Å². The van der Waals surface area contributed by atoms with Crippen LogP contribution in [-0.2, 0) is 4.79 Å². The number of hydrogen-bond donors (Lipinski definition) is 0. The third-order valence-corrected chi connectivity index (χ3v) is 2.99. The van der Waals surface area contributed by atoms with Crippen molar-refractivity contribution in [3.63, 3.8) is 0 Å². The lowest BCUT2D eigenvalue weighted by Gasteiger charge is -2.12. The molecule has 0 aliphatic rings. The highest BCUT2D eigenvalue weighted by Gasteiger charge is 2.09. The first-order valence-electron chi connectivity index (χ1n) is 5.04. The van der Waals surface area contributed by atoms with Gasteiger partial charge in [-0.3, -0.25) is 0 Å². The second kappa shape index (κ2) is 8.37. The van der Waals surface area contributed by atoms with Gasteiger partial charge in [-0.1, -0.05) is 13.3 Å². The summed E-state index contributed by atoms with van der Waals surface area (Å²) in [6.07, 6.45) is 4.15. The number of rotatable bonds is 8. The summed E-state index contributed by atoms with van der Waals surface area (Å²) in [5.41, 5.74) is 0. The molecule has 0 spiro atoms. The van der Waals surface area contributed by atoms with Crippen molar-refractivity contribution in [1.82, 2.24) is 0 Å². The summed E-state index contributed by atoms with van der Waals surface area (Å²) in [5.74, 6) is -0.986. The minimum absolute atomic E-state index is 0.0687. The van der Waals surface area contributed by atoms with Crippen molar-refractivity contribution in [2.45, 2.75) is 56.2 Å². The van der Waals surface area contributed by atoms with Gasteiger partial charge in [0.25, 0.3) is 0 Å². The van der Waals surface area contributed by atoms with Gasteiger partial charge in [0.05, 0.1) is 0 Å². The van der Waals surface area contributed by atoms with Crippen molar-refractivity contribution in [3.05, 3.63) is 0 Å². The van der Waals surface area contributed by atoms with Gasteiger partial charge in [-0.25, -0.2) is 0 Å². The van der Waals surface area contributed by atoms with E-state index in [9.17, 15) is 9.90 Å². The van der Waals surface area contributed by atoms with Gasteiger partial charge in [0, 0.05) is 16.7 Å². The van der Waals surface area contributed by atoms with Crippen molar-refractivity contribution in [3.8, 4) is 0 Å². The predicted molar refractivity (Wildman–Crippen MR) is 57.7 cm³/mol. The number of unbranched alkanes of at least 4 members (excludes halogenated alkanes) is 1. The zero-order valence-corrected chi connectivity index (χ0v) is 9.98. The molecule has 2 nitrogen and oxygen atoms in total. The molecule has 0 amide bonds. The largest absolute Gasteiger partial charge is 0.550 e. The standard InChI is InChI=1S/C10H18Cl2O2/c1-2-8(11)7-9(12)5-3-4-6-10(13)14/h8-9H,2-7H2,1H3,(H,13,14)/p-1. The van der Waals surface area contributed by atoms with Crippen LogP contribution >= 0.6 is 23.2 Å². The number of aliphatic carboxylic acids is 1. The first kappa shape index (κ1) is 14.1. The van der Waals surface area contributed by atoms with E-state index in [0.29, 0.717) is 6.42 Å². The second-order valence-corrected chi connectivity index (χ2v) is 4.69. The van der Waals surface area contributed by atoms with Crippen LogP contribution in [-0.4, -0.2) is 16.7 Å². The number of hydrogen-bond acceptors (Lipinski definition) is 2. The van der Waals surface area contributed by atoms with Gasteiger partial charge in [-0.05, 0) is 32.1 Å². The molecule has 2 unspecified atom stereocenters. The monoisotopic (exact) mass is 239 g/mol. The minimum Gasteiger partial charge on any atom is -0.550 e. The van der Waals surface area contributed by atoms with Gasteiger partial charge in [0.15, 0.2) is 0 Å². The molecule has 0 aromatic heterocycles. The Kier molecular flexibility index (Phi) is 8.40. The molecule has 0 aliphatic heterocycles. The number of halogens is 2. The molecule has 0 N–H and O–H groups in total. The topological polar surface area (TPSA) is 40.1 Å². The average molecular weight is 240 g/mol. The molecular weight excluding hydrogens is 223 g/mol. The van der Waals surface area contributed by atoms with E-state index in [0.717, 1.165) is 25.7 Å². The maximum atomic E-state index is 10.1. The van der Waals surface area contributed by atoms with Crippen LogP contribution in [0.2, 0.25) is 0 Å². The molecule has 2 atom stereocenters. The number of carbonyl (C=O) groups is 1. The van der Waals surface area contributed by atoms with Crippen LogP contribution in [0, 0.1) is 0 Å². The first-order valence-corrected chi connectivity index (χ1v) is 5.91. The van der Waals surface area contributed by atoms with Crippen molar-refractivity contribution in [2.75, 3.05) is 0 Å². The maximum Gasteiger partial charge on any atom is 0.0414 e. The number of carbonyl (C=O) groups excluding carboxylic acids is 1. The molecule has 0 rings (SSSR count). The van der Waals surface area contributed by atoms with E-state index in [4.69, 9.17) is 23.2 Å². The van der Waals surface area contributed by atoms with Crippen LogP contribution in [0.1, 0.15) is 45.4 Å². The summed E-state index contributed by atoms with van der Waals surface area (Å²) >= 11 is 12.0. The lowest BCUT2D eigenvalue weighted by molar-refractivity contribution is -0.305. The molecule has 0 saturated carbocycles. The van der Waals surface area contributed by atoms with Gasteiger partial charge in [0.1, 0.15) is 0 Å². The lowest BCUT2D eigenvalue weighted by Crippen LogP contribution is -2.21. The van der Waals surface area contributed by atoms with E-state index in [1.165, 1.54) is 0 Å². The van der Waals surface area contributed by atoms with Crippen LogP contribution in [0.15, 0.2) is 0 Å². The Morgan fingerprint density at radius 1 is 1.29 bits per heavy atom. The van der Waals surface area contributed by atoms with Crippen molar-refractivity contribution < 1.29 is 9.90 Å². The van der Waals surface area contributed by atoms with E-state index in [1.807, 2.05) is 6.92 Å². The van der Waals surface area contributed by atoms with E-state index >= 15 is 0 Å². The fraction of sp³-hybridized carbons (Fsp3) is 0.900. The predicted octanol–water partition coefficient (Wildman–Crippen LogP) is 2.31. The second-order valence-electron chi connectivity index (χ2n) is 3.46. The highest BCUT2D eigenvalue weighted by molar-refractivity contribution is 6.23. The third-order valence-electron chi connectivity index (χ3n) is 2.10. The average Bonchev–Trinajstić information content (AvgIpc) is 2.12. The van der Waals surface area contributed by atoms with Crippen LogP contribution in [0.4, 0.5) is 0 Å². The molecule has 4 heteroatoms. The lowest BCUT2D eigenvalue weighted by atomic mass is 10.1. The summed E-state index contributed by atoms with van der Waals surface area (Å²) in [6.45, 7) is 2.03. The molecule has 0 heterocycles. The summed E-state index contributed by atoms with van der Waals surface area (Å²) in [7, 11) is 0. The molecule has 0 aromatic carbocycles. The Morgan fingerprint density at radius 3 is 2.43 bits per heavy atom. The summed E-state index contributed by atoms with van der Waals surface area (Å²) in [4.78, 5) is 10.1. The molecule has 0 radical (unpaired) electrons. The molecule has 84 valence electrons. The smallest absolute Gasteiger partial charge is 0.0414 e. The Bertz CT molecular complexity index is 162. The van der Waals surface area contributed by atoms with Crippen LogP contribution in [0.5, 0.6) is 0 Å². The highest BCUT2D eigenvalue weighted by Crippen LogP contribution is 2.18. The van der Waals surface area contributed by atoms with Crippen molar-refractivity contribution >= 4 is 29.2 Å². The number of carboxylic acid groups (broad SMARTS) is 1. The highest BCUT2D eigenvalue weighted by atomic mass is 35.5. The summed E-state index contributed by atoms with van der Waals surface area (Å²) in [5, 5.41) is 10.3. The summed E-state index contributed by atoms with van der Waals surface area (Å²) < 4.78 is 0. The van der Waals surface area contributed by atoms with Gasteiger partial charge in [-0.2, -0.15) is 0 Å². The fourth-order valence-electron chi connectivity index (χ4n) is 1.20. The molecule has 0 saturated heterocycles. The third kappa shape index (κ3) is 8.64. The zero-order valence-electron chi connectivity index (χ0n) is 8.47. The maximum absolute atomic E-state index is 10.1. The van der Waals surface area contributed by atoms with Crippen LogP contribution in [0.25, 0.3) is 0 Å². The van der Waals surface area contributed by atoms with Crippen LogP contribution in [0.3, 0.4) is 0 Å². The molecule has 0 aromatic rings. The summed E-state index contributed by atoms with van der Waals surface area (Å²) in [6, 6.07) is 0. The quantitative estimate of drug-likeness (QED) is 0.482. The van der Waals surface area contributed by atoms with Gasteiger partial charge in [0.2, 0.25) is 0 Å². The van der Waals surface area contributed by atoms with Gasteiger partial charge < -0.3 is 9.90 Å². The van der Waals surface area contributed by atoms with E-state index in [2.05, 4.69) is 0 Å². The fourth-order valence-corrected chi connectivity index (χ4v) is 1.87. The van der Waals surface area contributed by atoms with Crippen molar-refractivity contribution in [2.24, 2.45) is 0 Å². The molecular formula is C10H17Cl2O2-. The van der Waals surface area contributed by atoms with Crippen LogP contribution < -0.4 is 5.11 Å². The van der Waals surface area contributed by atoms with Gasteiger partial charge >= 0.3 is 0 Å². The number of alkyl halides is 2. The van der Waals surface area contributed by atoms with Crippen molar-refractivity contribution in [1.29, 1.82) is 0 Å². The van der Waals surface area contributed by atoms with E-state index in [1.54, 1.807) is 0 Å². The Hall–Kier alpha value is 0.0500. The zero-order chi connectivity index (χ0) is 11.0. The molecule has 0 fully saturated rings. The Labute approximate surface area is 95.6 Å². The Morgan fingerprint density at radius 2 is 1.93 bits per heavy atom. The van der Waals surface area contributed by atoms with E-state index in [-0.39, 0.29) is 17.2 Å². The normalized spacial score (nSPS) is 15.1. The molecule has 0 aliphatic carbocycles. The van der Waals surface area contributed by atoms with E-state index < -0.39 is 5.97 Å². The Balaban J connectivity index is 3.35. The number of carboxylic acids is 1. The molecule has 14 heavy (non-hydrogen) atoms. The minimum atomic E-state index is -0.986.